The lowest BCUT2D eigenvalue weighted by Crippen LogP contribution is -2.28. The lowest BCUT2D eigenvalue weighted by Gasteiger charge is -2.31. The average Bonchev–Trinajstić information content (AvgIpc) is 3.07. The van der Waals surface area contributed by atoms with Gasteiger partial charge in [0, 0.05) is 17.3 Å². The largest absolute Gasteiger partial charge is 0.311 e. The van der Waals surface area contributed by atoms with Gasteiger partial charge in [-0.1, -0.05) is 11.6 Å². The van der Waals surface area contributed by atoms with Crippen molar-refractivity contribution >= 4 is 22.9 Å². The average molecular weight is 310 g/mol. The zero-order valence-corrected chi connectivity index (χ0v) is 13.5. The van der Waals surface area contributed by atoms with E-state index in [9.17, 15) is 0 Å². The molecule has 0 saturated heterocycles. The fraction of sp³-hybridized carbons (Fsp3) is 0.533. The van der Waals surface area contributed by atoms with Crippen LogP contribution in [-0.4, -0.2) is 16.8 Å². The van der Waals surface area contributed by atoms with Crippen molar-refractivity contribution in [3.8, 4) is 0 Å². The molecule has 3 rings (SSSR count). The molecular formula is C15H20ClN3S. The molecular weight excluding hydrogens is 290 g/mol. The van der Waals surface area contributed by atoms with Crippen LogP contribution in [0.2, 0.25) is 5.02 Å². The van der Waals surface area contributed by atoms with E-state index in [1.54, 1.807) is 11.1 Å². The van der Waals surface area contributed by atoms with Crippen molar-refractivity contribution in [3.05, 3.63) is 38.8 Å². The SMILES string of the molecule is CCn1ncc(Cl)c1C(NC)C1CCCc2sccc21. The normalized spacial score (nSPS) is 19.9. The summed E-state index contributed by atoms with van der Waals surface area (Å²) in [5.41, 5.74) is 2.63. The molecule has 1 aliphatic carbocycles. The molecule has 0 saturated carbocycles. The van der Waals surface area contributed by atoms with Crippen LogP contribution in [0.4, 0.5) is 0 Å². The van der Waals surface area contributed by atoms with Crippen molar-refractivity contribution in [2.24, 2.45) is 0 Å². The molecule has 2 atom stereocenters. The van der Waals surface area contributed by atoms with Crippen LogP contribution >= 0.6 is 22.9 Å². The van der Waals surface area contributed by atoms with Crippen LogP contribution in [0.15, 0.2) is 17.6 Å². The minimum absolute atomic E-state index is 0.235. The minimum Gasteiger partial charge on any atom is -0.311 e. The Morgan fingerprint density at radius 2 is 2.45 bits per heavy atom. The van der Waals surface area contributed by atoms with E-state index in [4.69, 9.17) is 11.6 Å². The smallest absolute Gasteiger partial charge is 0.0834 e. The van der Waals surface area contributed by atoms with Gasteiger partial charge in [0.2, 0.25) is 0 Å². The summed E-state index contributed by atoms with van der Waals surface area (Å²) in [7, 11) is 2.02. The van der Waals surface area contributed by atoms with E-state index in [0.29, 0.717) is 5.92 Å². The molecule has 0 spiro atoms. The van der Waals surface area contributed by atoms with Crippen molar-refractivity contribution in [3.63, 3.8) is 0 Å². The fourth-order valence-corrected chi connectivity index (χ4v) is 4.59. The van der Waals surface area contributed by atoms with Crippen molar-refractivity contribution in [1.82, 2.24) is 15.1 Å². The molecule has 2 heterocycles. The lowest BCUT2D eigenvalue weighted by atomic mass is 9.81. The van der Waals surface area contributed by atoms with Crippen molar-refractivity contribution in [1.29, 1.82) is 0 Å². The quantitative estimate of drug-likeness (QED) is 0.925. The highest BCUT2D eigenvalue weighted by molar-refractivity contribution is 7.10. The first-order valence-electron chi connectivity index (χ1n) is 7.21. The predicted molar refractivity (Wildman–Crippen MR) is 84.7 cm³/mol. The number of rotatable bonds is 4. The molecule has 1 aliphatic rings. The van der Waals surface area contributed by atoms with Gasteiger partial charge in [0.15, 0.2) is 0 Å². The van der Waals surface area contributed by atoms with Gasteiger partial charge in [0.25, 0.3) is 0 Å². The standard InChI is InChI=1S/C15H20ClN3S/c1-3-19-15(12(16)9-18-19)14(17-2)11-5-4-6-13-10(11)7-8-20-13/h7-9,11,14,17H,3-6H2,1-2H3. The fourth-order valence-electron chi connectivity index (χ4n) is 3.33. The van der Waals surface area contributed by atoms with E-state index >= 15 is 0 Å². The van der Waals surface area contributed by atoms with Gasteiger partial charge in [-0.3, -0.25) is 4.68 Å². The molecule has 0 aliphatic heterocycles. The van der Waals surface area contributed by atoms with Gasteiger partial charge in [-0.15, -0.1) is 11.3 Å². The second-order valence-electron chi connectivity index (χ2n) is 5.26. The second kappa shape index (κ2) is 5.88. The third kappa shape index (κ3) is 2.30. The van der Waals surface area contributed by atoms with Crippen molar-refractivity contribution in [2.75, 3.05) is 7.05 Å². The predicted octanol–water partition coefficient (Wildman–Crippen LogP) is 4.00. The summed E-state index contributed by atoms with van der Waals surface area (Å²) >= 11 is 8.28. The number of aromatic nitrogens is 2. The monoisotopic (exact) mass is 309 g/mol. The van der Waals surface area contributed by atoms with E-state index in [1.165, 1.54) is 24.8 Å². The first kappa shape index (κ1) is 14.1. The molecule has 1 N–H and O–H groups in total. The van der Waals surface area contributed by atoms with E-state index in [1.807, 2.05) is 23.1 Å². The van der Waals surface area contributed by atoms with Gasteiger partial charge in [-0.05, 0) is 50.2 Å². The van der Waals surface area contributed by atoms with Crippen LogP contribution in [0.3, 0.4) is 0 Å². The summed E-state index contributed by atoms with van der Waals surface area (Å²) in [6.45, 7) is 2.96. The maximum absolute atomic E-state index is 6.40. The first-order valence-corrected chi connectivity index (χ1v) is 8.46. The highest BCUT2D eigenvalue weighted by atomic mass is 35.5. The van der Waals surface area contributed by atoms with E-state index in [0.717, 1.165) is 17.3 Å². The minimum atomic E-state index is 0.235. The number of halogens is 1. The summed E-state index contributed by atoms with van der Waals surface area (Å²) in [4.78, 5) is 1.54. The molecule has 3 nitrogen and oxygen atoms in total. The molecule has 0 bridgehead atoms. The molecule has 0 amide bonds. The number of aryl methyl sites for hydroxylation is 2. The van der Waals surface area contributed by atoms with E-state index in [-0.39, 0.29) is 6.04 Å². The molecule has 2 aromatic rings. The van der Waals surface area contributed by atoms with Crippen LogP contribution in [0.25, 0.3) is 0 Å². The zero-order valence-electron chi connectivity index (χ0n) is 11.9. The van der Waals surface area contributed by atoms with Crippen LogP contribution in [0.1, 0.15) is 47.9 Å². The van der Waals surface area contributed by atoms with E-state index in [2.05, 4.69) is 28.8 Å². The van der Waals surface area contributed by atoms with Crippen molar-refractivity contribution in [2.45, 2.75) is 44.7 Å². The van der Waals surface area contributed by atoms with Crippen LogP contribution in [0, 0.1) is 0 Å². The third-order valence-corrected chi connectivity index (χ3v) is 5.53. The number of thiophene rings is 1. The molecule has 2 unspecified atom stereocenters. The number of hydrogen-bond donors (Lipinski definition) is 1. The van der Waals surface area contributed by atoms with Gasteiger partial charge in [-0.2, -0.15) is 5.10 Å². The Bertz CT molecular complexity index is 590. The van der Waals surface area contributed by atoms with Gasteiger partial charge in [0.05, 0.1) is 23.0 Å². The highest BCUT2D eigenvalue weighted by Crippen LogP contribution is 2.43. The van der Waals surface area contributed by atoms with Gasteiger partial charge in [0.1, 0.15) is 0 Å². The van der Waals surface area contributed by atoms with Crippen LogP contribution in [0.5, 0.6) is 0 Å². The number of nitrogens with zero attached hydrogens (tertiary/aromatic N) is 2. The Hall–Kier alpha value is -0.840. The third-order valence-electron chi connectivity index (χ3n) is 4.24. The maximum atomic E-state index is 6.40. The Morgan fingerprint density at radius 3 is 3.20 bits per heavy atom. The lowest BCUT2D eigenvalue weighted by molar-refractivity contribution is 0.402. The molecule has 2 aromatic heterocycles. The summed E-state index contributed by atoms with van der Waals surface area (Å²) in [5, 5.41) is 10.9. The summed E-state index contributed by atoms with van der Waals surface area (Å²) in [6.07, 6.45) is 5.46. The Kier molecular flexibility index (Phi) is 4.15. The van der Waals surface area contributed by atoms with Gasteiger partial charge >= 0.3 is 0 Å². The van der Waals surface area contributed by atoms with Crippen LogP contribution in [-0.2, 0) is 13.0 Å². The number of fused-ring (bicyclic) bond motifs is 1. The van der Waals surface area contributed by atoms with Gasteiger partial charge < -0.3 is 5.32 Å². The Balaban J connectivity index is 2.01. The number of hydrogen-bond acceptors (Lipinski definition) is 3. The molecule has 20 heavy (non-hydrogen) atoms. The first-order chi connectivity index (χ1) is 9.76. The van der Waals surface area contributed by atoms with Gasteiger partial charge in [-0.25, -0.2) is 0 Å². The molecule has 5 heteroatoms. The molecule has 0 fully saturated rings. The Labute approximate surface area is 129 Å². The highest BCUT2D eigenvalue weighted by Gasteiger charge is 2.32. The molecule has 0 radical (unpaired) electrons. The molecule has 108 valence electrons. The Morgan fingerprint density at radius 1 is 1.60 bits per heavy atom. The molecule has 0 aromatic carbocycles. The maximum Gasteiger partial charge on any atom is 0.0834 e. The van der Waals surface area contributed by atoms with Crippen molar-refractivity contribution < 1.29 is 0 Å². The second-order valence-corrected chi connectivity index (χ2v) is 6.67. The van der Waals surface area contributed by atoms with Crippen LogP contribution < -0.4 is 5.32 Å². The topological polar surface area (TPSA) is 29.9 Å². The zero-order chi connectivity index (χ0) is 14.1. The summed E-state index contributed by atoms with van der Waals surface area (Å²) in [5.74, 6) is 0.495. The number of likely N-dealkylation sites (N-methyl/N-ethyl adjacent to an activating group) is 1. The van der Waals surface area contributed by atoms with E-state index < -0.39 is 0 Å². The summed E-state index contributed by atoms with van der Waals surface area (Å²) < 4.78 is 2.02. The summed E-state index contributed by atoms with van der Waals surface area (Å²) in [6, 6.07) is 2.52. The number of nitrogens with one attached hydrogen (secondary N) is 1.